The molecule has 5 heteroatoms. The van der Waals surface area contributed by atoms with E-state index >= 15 is 0 Å². The monoisotopic (exact) mass is 438 g/mol. The van der Waals surface area contributed by atoms with Crippen LogP contribution in [0.5, 0.6) is 5.75 Å². The average molecular weight is 439 g/mol. The Labute approximate surface area is 174 Å². The minimum atomic E-state index is -0.194. The van der Waals surface area contributed by atoms with Gasteiger partial charge in [0.05, 0.1) is 4.47 Å². The minimum absolute atomic E-state index is 0.0482. The standard InChI is InChI=1S/C23H23BrN2O2/c1-16-3-8-19(9-4-16)25-14-18-7-12-22(21(24)13-18)28-15-23(27)26-20-10-5-17(2)6-11-20/h3-13,25H,14-15H2,1-2H3,(H,26,27). The van der Waals surface area contributed by atoms with E-state index in [4.69, 9.17) is 4.74 Å². The number of aryl methyl sites for hydroxylation is 2. The van der Waals surface area contributed by atoms with Crippen LogP contribution >= 0.6 is 15.9 Å². The van der Waals surface area contributed by atoms with Gasteiger partial charge in [0.2, 0.25) is 0 Å². The Morgan fingerprint density at radius 2 is 1.50 bits per heavy atom. The van der Waals surface area contributed by atoms with Crippen molar-refractivity contribution in [3.63, 3.8) is 0 Å². The van der Waals surface area contributed by atoms with Gasteiger partial charge in [-0.3, -0.25) is 4.79 Å². The van der Waals surface area contributed by atoms with Gasteiger partial charge in [0.25, 0.3) is 5.91 Å². The van der Waals surface area contributed by atoms with E-state index in [1.165, 1.54) is 5.56 Å². The molecule has 0 radical (unpaired) electrons. The first-order chi connectivity index (χ1) is 13.5. The number of nitrogens with one attached hydrogen (secondary N) is 2. The topological polar surface area (TPSA) is 50.4 Å². The number of carbonyl (C=O) groups excluding carboxylic acids is 1. The molecule has 3 aromatic carbocycles. The average Bonchev–Trinajstić information content (AvgIpc) is 2.68. The molecule has 0 heterocycles. The largest absolute Gasteiger partial charge is 0.483 e. The van der Waals surface area contributed by atoms with Crippen molar-refractivity contribution < 1.29 is 9.53 Å². The van der Waals surface area contributed by atoms with Crippen molar-refractivity contribution in [1.29, 1.82) is 0 Å². The predicted octanol–water partition coefficient (Wildman–Crippen LogP) is 5.70. The highest BCUT2D eigenvalue weighted by atomic mass is 79.9. The Bertz CT molecular complexity index is 938. The Morgan fingerprint density at radius 3 is 2.11 bits per heavy atom. The third kappa shape index (κ3) is 5.86. The van der Waals surface area contributed by atoms with E-state index in [1.807, 2.05) is 49.4 Å². The van der Waals surface area contributed by atoms with Crippen LogP contribution < -0.4 is 15.4 Å². The molecule has 3 aromatic rings. The summed E-state index contributed by atoms with van der Waals surface area (Å²) in [7, 11) is 0. The first-order valence-corrected chi connectivity index (χ1v) is 9.87. The summed E-state index contributed by atoms with van der Waals surface area (Å²) in [6.07, 6.45) is 0. The minimum Gasteiger partial charge on any atom is -0.483 e. The van der Waals surface area contributed by atoms with Crippen molar-refractivity contribution in [2.45, 2.75) is 20.4 Å². The van der Waals surface area contributed by atoms with E-state index in [1.54, 1.807) is 0 Å². The Morgan fingerprint density at radius 1 is 0.893 bits per heavy atom. The molecule has 0 saturated heterocycles. The van der Waals surface area contributed by atoms with Crippen molar-refractivity contribution in [2.24, 2.45) is 0 Å². The molecule has 144 valence electrons. The molecule has 0 aliphatic rings. The molecule has 0 saturated carbocycles. The third-order valence-electron chi connectivity index (χ3n) is 4.24. The van der Waals surface area contributed by atoms with Crippen molar-refractivity contribution in [3.05, 3.63) is 87.9 Å². The number of hydrogen-bond acceptors (Lipinski definition) is 3. The van der Waals surface area contributed by atoms with Gasteiger partial charge in [-0.1, -0.05) is 41.5 Å². The Hall–Kier alpha value is -2.79. The van der Waals surface area contributed by atoms with E-state index in [2.05, 4.69) is 57.8 Å². The molecule has 2 N–H and O–H groups in total. The highest BCUT2D eigenvalue weighted by molar-refractivity contribution is 9.10. The molecule has 0 spiro atoms. The lowest BCUT2D eigenvalue weighted by molar-refractivity contribution is -0.118. The van der Waals surface area contributed by atoms with Gasteiger partial charge in [-0.2, -0.15) is 0 Å². The summed E-state index contributed by atoms with van der Waals surface area (Å²) in [6, 6.07) is 21.8. The molecule has 1 amide bonds. The summed E-state index contributed by atoms with van der Waals surface area (Å²) >= 11 is 3.52. The van der Waals surface area contributed by atoms with Crippen molar-refractivity contribution in [1.82, 2.24) is 0 Å². The normalized spacial score (nSPS) is 10.4. The number of carbonyl (C=O) groups is 1. The van der Waals surface area contributed by atoms with Gasteiger partial charge in [0, 0.05) is 17.9 Å². The van der Waals surface area contributed by atoms with E-state index in [9.17, 15) is 4.79 Å². The summed E-state index contributed by atoms with van der Waals surface area (Å²) in [5.41, 5.74) is 5.34. The van der Waals surface area contributed by atoms with Gasteiger partial charge >= 0.3 is 0 Å². The van der Waals surface area contributed by atoms with Gasteiger partial charge in [-0.15, -0.1) is 0 Å². The highest BCUT2D eigenvalue weighted by Gasteiger charge is 2.07. The molecule has 0 fully saturated rings. The van der Waals surface area contributed by atoms with E-state index in [-0.39, 0.29) is 12.5 Å². The van der Waals surface area contributed by atoms with Gasteiger partial charge in [0.15, 0.2) is 6.61 Å². The SMILES string of the molecule is Cc1ccc(NCc2ccc(OCC(=O)Nc3ccc(C)cc3)c(Br)c2)cc1. The maximum absolute atomic E-state index is 12.1. The molecule has 3 rings (SSSR count). The number of ether oxygens (including phenoxy) is 1. The second kappa shape index (κ2) is 9.42. The lowest BCUT2D eigenvalue weighted by atomic mass is 10.2. The molecule has 0 unspecified atom stereocenters. The van der Waals surface area contributed by atoms with Crippen LogP contribution in [-0.2, 0) is 11.3 Å². The van der Waals surface area contributed by atoms with Crippen LogP contribution in [0, 0.1) is 13.8 Å². The highest BCUT2D eigenvalue weighted by Crippen LogP contribution is 2.26. The van der Waals surface area contributed by atoms with E-state index in [0.29, 0.717) is 12.3 Å². The number of rotatable bonds is 7. The predicted molar refractivity (Wildman–Crippen MR) is 118 cm³/mol. The first kappa shape index (κ1) is 20.0. The zero-order chi connectivity index (χ0) is 19.9. The number of halogens is 1. The number of anilines is 2. The Balaban J connectivity index is 1.51. The summed E-state index contributed by atoms with van der Waals surface area (Å²) in [5, 5.41) is 6.21. The van der Waals surface area contributed by atoms with E-state index in [0.717, 1.165) is 27.0 Å². The lowest BCUT2D eigenvalue weighted by Gasteiger charge is -2.11. The second-order valence-electron chi connectivity index (χ2n) is 6.69. The van der Waals surface area contributed by atoms with Crippen molar-refractivity contribution in [3.8, 4) is 5.75 Å². The van der Waals surface area contributed by atoms with Crippen LogP contribution in [0.25, 0.3) is 0 Å². The maximum Gasteiger partial charge on any atom is 0.262 e. The molecule has 28 heavy (non-hydrogen) atoms. The quantitative estimate of drug-likeness (QED) is 0.497. The molecule has 0 aliphatic carbocycles. The fourth-order valence-electron chi connectivity index (χ4n) is 2.62. The van der Waals surface area contributed by atoms with Crippen LogP contribution in [0.15, 0.2) is 71.2 Å². The summed E-state index contributed by atoms with van der Waals surface area (Å²) in [6.45, 7) is 4.73. The zero-order valence-corrected chi connectivity index (χ0v) is 17.5. The lowest BCUT2D eigenvalue weighted by Crippen LogP contribution is -2.20. The number of hydrogen-bond donors (Lipinski definition) is 2. The van der Waals surface area contributed by atoms with Crippen LogP contribution in [0.2, 0.25) is 0 Å². The van der Waals surface area contributed by atoms with Crippen molar-refractivity contribution >= 4 is 33.2 Å². The Kier molecular flexibility index (Phi) is 6.71. The first-order valence-electron chi connectivity index (χ1n) is 9.08. The second-order valence-corrected chi connectivity index (χ2v) is 7.54. The number of amides is 1. The maximum atomic E-state index is 12.1. The van der Waals surface area contributed by atoms with Gasteiger partial charge in [0.1, 0.15) is 5.75 Å². The van der Waals surface area contributed by atoms with Crippen LogP contribution in [0.1, 0.15) is 16.7 Å². The fourth-order valence-corrected chi connectivity index (χ4v) is 3.16. The number of benzene rings is 3. The molecule has 0 atom stereocenters. The van der Waals surface area contributed by atoms with Crippen LogP contribution in [0.3, 0.4) is 0 Å². The molecule has 0 bridgehead atoms. The van der Waals surface area contributed by atoms with Gasteiger partial charge < -0.3 is 15.4 Å². The summed E-state index contributed by atoms with van der Waals surface area (Å²) in [4.78, 5) is 12.1. The van der Waals surface area contributed by atoms with E-state index < -0.39 is 0 Å². The zero-order valence-electron chi connectivity index (χ0n) is 16.0. The molecule has 0 aliphatic heterocycles. The van der Waals surface area contributed by atoms with Crippen LogP contribution in [0.4, 0.5) is 11.4 Å². The summed E-state index contributed by atoms with van der Waals surface area (Å²) < 4.78 is 6.46. The molecule has 4 nitrogen and oxygen atoms in total. The molecular formula is C23H23BrN2O2. The third-order valence-corrected chi connectivity index (χ3v) is 4.86. The van der Waals surface area contributed by atoms with Crippen molar-refractivity contribution in [2.75, 3.05) is 17.2 Å². The summed E-state index contributed by atoms with van der Waals surface area (Å²) in [5.74, 6) is 0.444. The molecule has 0 aromatic heterocycles. The van der Waals surface area contributed by atoms with Crippen LogP contribution in [-0.4, -0.2) is 12.5 Å². The van der Waals surface area contributed by atoms with Gasteiger partial charge in [-0.25, -0.2) is 0 Å². The smallest absolute Gasteiger partial charge is 0.262 e. The van der Waals surface area contributed by atoms with Gasteiger partial charge in [-0.05, 0) is 71.7 Å². The fraction of sp³-hybridized carbons (Fsp3) is 0.174. The molecular weight excluding hydrogens is 416 g/mol.